The number of terminal acetylenes is 1. The highest BCUT2D eigenvalue weighted by Gasteiger charge is 2.41. The fourth-order valence-corrected chi connectivity index (χ4v) is 7.16. The minimum Gasteiger partial charge on any atom is -0.489 e. The number of alkyl halides is 3. The summed E-state index contributed by atoms with van der Waals surface area (Å²) in [5, 5.41) is 0.0233. The van der Waals surface area contributed by atoms with Crippen molar-refractivity contribution in [2.45, 2.75) is 83.7 Å². The standard InChI is InChI=1S/C18H15ClFNO3.C14H20ClNO2.C11H11Cl2NO2/c1-3-10(2)24-16-9-15(14(20)8-13(16)19)21-17(22)11-6-4-5-7-12(11)18(21)23;1-4-12-8-6-7-11(3)14(12)16(10-18-5-2)13(17)9-15;1-7-6-16-9-5-3-2-4-8(9)14(7)11(15)10(12)13/h1,8-10H,4-7H2,2H3;6-8H,4-5,9-10H2,1-3H3;2-5,7,10H,6H2,1H3. The third-order valence-corrected chi connectivity index (χ3v) is 10.4. The molecule has 3 aromatic carbocycles. The van der Waals surface area contributed by atoms with Crippen molar-refractivity contribution in [3.63, 3.8) is 0 Å². The minimum absolute atomic E-state index is 0.0233. The van der Waals surface area contributed by atoms with Crippen LogP contribution in [0.3, 0.4) is 0 Å². The topological polar surface area (TPSA) is 106 Å². The molecule has 0 bridgehead atoms. The van der Waals surface area contributed by atoms with E-state index in [0.29, 0.717) is 43.0 Å². The van der Waals surface area contributed by atoms with Crippen LogP contribution in [0.4, 0.5) is 21.5 Å². The molecule has 0 radical (unpaired) electrons. The van der Waals surface area contributed by atoms with E-state index in [9.17, 15) is 23.6 Å². The van der Waals surface area contributed by atoms with Gasteiger partial charge in [0.25, 0.3) is 17.7 Å². The average Bonchev–Trinajstić information content (AvgIpc) is 3.47. The van der Waals surface area contributed by atoms with Gasteiger partial charge in [-0.15, -0.1) is 18.0 Å². The fourth-order valence-electron chi connectivity index (χ4n) is 6.61. The molecule has 58 heavy (non-hydrogen) atoms. The van der Waals surface area contributed by atoms with Crippen molar-refractivity contribution in [3.8, 4) is 23.8 Å². The van der Waals surface area contributed by atoms with Crippen molar-refractivity contribution in [3.05, 3.63) is 87.7 Å². The third-order valence-electron chi connectivity index (χ3n) is 9.45. The molecule has 3 aliphatic rings. The number of para-hydroxylation sites is 3. The highest BCUT2D eigenvalue weighted by atomic mass is 35.5. The number of fused-ring (bicyclic) bond motifs is 1. The Bertz CT molecular complexity index is 2040. The lowest BCUT2D eigenvalue weighted by Gasteiger charge is -2.35. The van der Waals surface area contributed by atoms with Crippen LogP contribution in [0.5, 0.6) is 11.5 Å². The predicted octanol–water partition coefficient (Wildman–Crippen LogP) is 9.35. The summed E-state index contributed by atoms with van der Waals surface area (Å²) >= 11 is 22.9. The normalized spacial score (nSPS) is 16.2. The van der Waals surface area contributed by atoms with E-state index in [-0.39, 0.29) is 46.9 Å². The molecule has 6 rings (SSSR count). The second-order valence-corrected chi connectivity index (χ2v) is 15.2. The Morgan fingerprint density at radius 1 is 1.03 bits per heavy atom. The summed E-state index contributed by atoms with van der Waals surface area (Å²) in [6.45, 7) is 10.8. The van der Waals surface area contributed by atoms with Crippen LogP contribution >= 0.6 is 46.4 Å². The SMILES string of the molecule is C#CC(C)Oc1cc(N2C(=O)C3=C(CCCC3)C2=O)c(F)cc1Cl.CC1COc2ccccc2N1C(=O)C(Cl)Cl.CCOCN(C(=O)CCl)c1c(C)cccc1CC. The molecule has 0 saturated carbocycles. The molecule has 0 spiro atoms. The summed E-state index contributed by atoms with van der Waals surface area (Å²) in [6, 6.07) is 15.6. The van der Waals surface area contributed by atoms with Gasteiger partial charge in [0.05, 0.1) is 28.1 Å². The highest BCUT2D eigenvalue weighted by Crippen LogP contribution is 2.40. The quantitative estimate of drug-likeness (QED) is 0.0866. The van der Waals surface area contributed by atoms with Crippen molar-refractivity contribution in [2.75, 3.05) is 40.5 Å². The second kappa shape index (κ2) is 21.6. The van der Waals surface area contributed by atoms with Gasteiger partial charge in [-0.1, -0.05) is 78.0 Å². The summed E-state index contributed by atoms with van der Waals surface area (Å²) < 4.78 is 30.7. The lowest BCUT2D eigenvalue weighted by Crippen LogP contribution is -2.47. The van der Waals surface area contributed by atoms with Crippen molar-refractivity contribution >= 4 is 87.1 Å². The van der Waals surface area contributed by atoms with Crippen molar-refractivity contribution in [1.29, 1.82) is 0 Å². The molecule has 310 valence electrons. The number of aryl methyl sites for hydroxylation is 2. The van der Waals surface area contributed by atoms with Crippen LogP contribution in [0.1, 0.15) is 64.5 Å². The third kappa shape index (κ3) is 10.8. The van der Waals surface area contributed by atoms with Gasteiger partial charge >= 0.3 is 0 Å². The first kappa shape index (κ1) is 46.4. The molecule has 15 heteroatoms. The van der Waals surface area contributed by atoms with Gasteiger partial charge in [-0.25, -0.2) is 9.29 Å². The largest absolute Gasteiger partial charge is 0.489 e. The molecule has 0 saturated heterocycles. The lowest BCUT2D eigenvalue weighted by atomic mass is 9.93. The van der Waals surface area contributed by atoms with Crippen molar-refractivity contribution in [1.82, 2.24) is 0 Å². The maximum Gasteiger partial charge on any atom is 0.261 e. The zero-order valence-corrected chi connectivity index (χ0v) is 36.0. The van der Waals surface area contributed by atoms with Crippen LogP contribution in [0, 0.1) is 25.1 Å². The molecule has 3 aromatic rings. The van der Waals surface area contributed by atoms with Crippen LogP contribution in [0.15, 0.2) is 65.7 Å². The Morgan fingerprint density at radius 2 is 1.69 bits per heavy atom. The van der Waals surface area contributed by atoms with E-state index in [1.54, 1.807) is 16.7 Å². The molecule has 1 aliphatic carbocycles. The van der Waals surface area contributed by atoms with Crippen LogP contribution in [-0.4, -0.2) is 66.4 Å². The lowest BCUT2D eigenvalue weighted by molar-refractivity contribution is -0.121. The zero-order valence-electron chi connectivity index (χ0n) is 33.0. The van der Waals surface area contributed by atoms with Gasteiger partial charge in [0.15, 0.2) is 10.9 Å². The maximum absolute atomic E-state index is 14.4. The molecular weight excluding hydrogens is 831 g/mol. The van der Waals surface area contributed by atoms with E-state index in [1.165, 1.54) is 6.07 Å². The van der Waals surface area contributed by atoms with Crippen LogP contribution < -0.4 is 24.2 Å². The smallest absolute Gasteiger partial charge is 0.261 e. The number of benzene rings is 3. The molecule has 2 aliphatic heterocycles. The zero-order chi connectivity index (χ0) is 42.7. The number of carbonyl (C=O) groups excluding carboxylic acids is 4. The summed E-state index contributed by atoms with van der Waals surface area (Å²) in [5.41, 5.74) is 4.65. The van der Waals surface area contributed by atoms with E-state index in [0.717, 1.165) is 52.7 Å². The number of imide groups is 1. The van der Waals surface area contributed by atoms with Gasteiger partial charge < -0.3 is 19.1 Å². The Hall–Kier alpha value is -4.31. The number of halogens is 5. The molecule has 0 aromatic heterocycles. The minimum atomic E-state index is -1.05. The Kier molecular flexibility index (Phi) is 17.3. The monoisotopic (exact) mass is 875 g/mol. The number of ether oxygens (including phenoxy) is 3. The van der Waals surface area contributed by atoms with Gasteiger partial charge in [0, 0.05) is 23.8 Å². The summed E-state index contributed by atoms with van der Waals surface area (Å²) in [7, 11) is 0. The molecule has 2 heterocycles. The average molecular weight is 878 g/mol. The van der Waals surface area contributed by atoms with Gasteiger partial charge in [-0.3, -0.25) is 24.1 Å². The summed E-state index contributed by atoms with van der Waals surface area (Å²) in [4.78, 5) is 52.0. The molecule has 10 nitrogen and oxygen atoms in total. The number of carbonyl (C=O) groups is 4. The highest BCUT2D eigenvalue weighted by molar-refractivity contribution is 6.54. The number of hydrogen-bond acceptors (Lipinski definition) is 7. The van der Waals surface area contributed by atoms with E-state index in [1.807, 2.05) is 63.2 Å². The second-order valence-electron chi connectivity index (χ2n) is 13.4. The Labute approximate surface area is 359 Å². The Morgan fingerprint density at radius 3 is 2.28 bits per heavy atom. The molecule has 2 atom stereocenters. The molecular formula is C43H46Cl4FN3O7. The molecule has 2 unspecified atom stereocenters. The van der Waals surface area contributed by atoms with E-state index < -0.39 is 28.6 Å². The van der Waals surface area contributed by atoms with E-state index in [4.69, 9.17) is 67.0 Å². The summed E-state index contributed by atoms with van der Waals surface area (Å²) in [5.74, 6) is 1.01. The van der Waals surface area contributed by atoms with Gasteiger partial charge in [0.1, 0.15) is 36.5 Å². The molecule has 0 fully saturated rings. The van der Waals surface area contributed by atoms with Gasteiger partial charge in [-0.2, -0.15) is 0 Å². The van der Waals surface area contributed by atoms with Crippen molar-refractivity contribution < 1.29 is 37.8 Å². The number of nitrogens with zero attached hydrogens (tertiary/aromatic N) is 3. The van der Waals surface area contributed by atoms with Gasteiger partial charge in [0.2, 0.25) is 5.91 Å². The van der Waals surface area contributed by atoms with Crippen LogP contribution in [-0.2, 0) is 30.3 Å². The Balaban J connectivity index is 0.000000198. The predicted molar refractivity (Wildman–Crippen MR) is 228 cm³/mol. The molecule has 4 amide bonds. The number of rotatable bonds is 10. The first-order valence-electron chi connectivity index (χ1n) is 18.8. The fraction of sp³-hybridized carbons (Fsp3) is 0.395. The summed E-state index contributed by atoms with van der Waals surface area (Å²) in [6.07, 6.45) is 8.34. The van der Waals surface area contributed by atoms with Crippen LogP contribution in [0.25, 0.3) is 0 Å². The van der Waals surface area contributed by atoms with Gasteiger partial charge in [-0.05, 0) is 89.1 Å². The maximum atomic E-state index is 14.4. The van der Waals surface area contributed by atoms with E-state index in [2.05, 4.69) is 12.8 Å². The number of anilines is 3. The number of hydrogen-bond donors (Lipinski definition) is 0. The molecule has 0 N–H and O–H groups in total. The van der Waals surface area contributed by atoms with Crippen LogP contribution in [0.2, 0.25) is 5.02 Å². The van der Waals surface area contributed by atoms with Crippen molar-refractivity contribution in [2.24, 2.45) is 0 Å². The number of amides is 4. The van der Waals surface area contributed by atoms with E-state index >= 15 is 0 Å². The first-order valence-corrected chi connectivity index (χ1v) is 20.6. The first-order chi connectivity index (χ1) is 27.7.